The van der Waals surface area contributed by atoms with Crippen molar-refractivity contribution in [3.05, 3.63) is 41.6 Å². The van der Waals surface area contributed by atoms with Gasteiger partial charge in [0.05, 0.1) is 0 Å². The zero-order chi connectivity index (χ0) is 14.0. The van der Waals surface area contributed by atoms with E-state index >= 15 is 0 Å². The summed E-state index contributed by atoms with van der Waals surface area (Å²) >= 11 is 5.53. The minimum Gasteiger partial charge on any atom is -0.399 e. The van der Waals surface area contributed by atoms with Crippen LogP contribution < -0.4 is 10.5 Å². The molecule has 1 heterocycles. The predicted octanol–water partition coefficient (Wildman–Crippen LogP) is 1.65. The summed E-state index contributed by atoms with van der Waals surface area (Å²) < 4.78 is 39.5. The van der Waals surface area contributed by atoms with Crippen LogP contribution >= 0.6 is 11.6 Å². The van der Waals surface area contributed by atoms with Crippen LogP contribution in [-0.2, 0) is 10.0 Å². The van der Waals surface area contributed by atoms with Crippen molar-refractivity contribution in [3.63, 3.8) is 0 Å². The molecule has 0 saturated carbocycles. The maximum absolute atomic E-state index is 13.5. The van der Waals surface area contributed by atoms with Crippen LogP contribution in [0, 0.1) is 5.82 Å². The third-order valence-electron chi connectivity index (χ3n) is 2.11. The molecule has 1 aromatic heterocycles. The number of nitrogen functional groups attached to an aromatic ring is 1. The van der Waals surface area contributed by atoms with Gasteiger partial charge in [-0.05, 0) is 35.9 Å². The van der Waals surface area contributed by atoms with E-state index in [9.17, 15) is 12.8 Å². The van der Waals surface area contributed by atoms with Crippen LogP contribution in [0.3, 0.4) is 0 Å². The molecule has 0 saturated heterocycles. The first-order valence-electron chi connectivity index (χ1n) is 4.95. The van der Waals surface area contributed by atoms with E-state index in [-0.39, 0.29) is 16.8 Å². The summed E-state index contributed by atoms with van der Waals surface area (Å²) in [7, 11) is -4.14. The topological polar surface area (TPSA) is 98.0 Å². The summed E-state index contributed by atoms with van der Waals surface area (Å²) in [5.74, 6) is -0.983. The Bertz CT molecular complexity index is 723. The molecule has 0 aliphatic heterocycles. The summed E-state index contributed by atoms with van der Waals surface area (Å²) in [4.78, 5) is 6.68. The summed E-state index contributed by atoms with van der Waals surface area (Å²) in [6, 6.07) is 4.53. The summed E-state index contributed by atoms with van der Waals surface area (Å²) in [6.07, 6.45) is 1.27. The Labute approximate surface area is 113 Å². The van der Waals surface area contributed by atoms with Gasteiger partial charge in [-0.1, -0.05) is 0 Å². The Kier molecular flexibility index (Phi) is 3.54. The van der Waals surface area contributed by atoms with Gasteiger partial charge >= 0.3 is 0 Å². The van der Waals surface area contributed by atoms with Gasteiger partial charge in [0, 0.05) is 11.9 Å². The van der Waals surface area contributed by atoms with Crippen molar-refractivity contribution < 1.29 is 12.8 Å². The Balaban J connectivity index is 2.40. The van der Waals surface area contributed by atoms with Crippen molar-refractivity contribution >= 4 is 33.1 Å². The van der Waals surface area contributed by atoms with Gasteiger partial charge in [0.2, 0.25) is 5.28 Å². The van der Waals surface area contributed by atoms with Crippen LogP contribution in [0.2, 0.25) is 5.28 Å². The molecule has 0 spiro atoms. The van der Waals surface area contributed by atoms with Crippen molar-refractivity contribution in [3.8, 4) is 0 Å². The molecule has 0 bridgehead atoms. The van der Waals surface area contributed by atoms with Gasteiger partial charge in [-0.25, -0.2) is 17.8 Å². The molecule has 100 valence electrons. The SMILES string of the molecule is Nc1ccc(F)c(S(=O)(=O)Nc2ccnc(Cl)n2)c1. The molecule has 3 N–H and O–H groups in total. The van der Waals surface area contributed by atoms with Crippen molar-refractivity contribution in [1.29, 1.82) is 0 Å². The molecule has 0 atom stereocenters. The molecule has 1 aromatic carbocycles. The van der Waals surface area contributed by atoms with Crippen LogP contribution in [0.25, 0.3) is 0 Å². The standard InChI is InChI=1S/C10H8ClFN4O2S/c11-10-14-4-3-9(15-10)16-19(17,18)8-5-6(13)1-2-7(8)12/h1-5H,13H2,(H,14,15,16). The highest BCUT2D eigenvalue weighted by Crippen LogP contribution is 2.20. The minimum atomic E-state index is -4.14. The number of benzene rings is 1. The highest BCUT2D eigenvalue weighted by Gasteiger charge is 2.20. The molecule has 2 rings (SSSR count). The minimum absolute atomic E-state index is 0.0678. The zero-order valence-corrected chi connectivity index (χ0v) is 10.9. The lowest BCUT2D eigenvalue weighted by atomic mass is 10.3. The molecule has 0 amide bonds. The maximum atomic E-state index is 13.5. The second kappa shape index (κ2) is 4.98. The monoisotopic (exact) mass is 302 g/mol. The average Bonchev–Trinajstić information content (AvgIpc) is 2.31. The van der Waals surface area contributed by atoms with Crippen molar-refractivity contribution in [2.24, 2.45) is 0 Å². The number of nitrogens with two attached hydrogens (primary N) is 1. The fourth-order valence-electron chi connectivity index (χ4n) is 1.31. The maximum Gasteiger partial charge on any atom is 0.266 e. The van der Waals surface area contributed by atoms with E-state index in [1.54, 1.807) is 0 Å². The van der Waals surface area contributed by atoms with Crippen molar-refractivity contribution in [2.75, 3.05) is 10.5 Å². The lowest BCUT2D eigenvalue weighted by molar-refractivity contribution is 0.570. The first-order valence-corrected chi connectivity index (χ1v) is 6.81. The Morgan fingerprint density at radius 2 is 2.05 bits per heavy atom. The summed E-state index contributed by atoms with van der Waals surface area (Å²) in [5, 5.41) is -0.131. The average molecular weight is 303 g/mol. The number of hydrogen-bond donors (Lipinski definition) is 2. The summed E-state index contributed by atoms with van der Waals surface area (Å²) in [6.45, 7) is 0. The van der Waals surface area contributed by atoms with E-state index in [1.165, 1.54) is 18.3 Å². The number of anilines is 2. The number of hydrogen-bond acceptors (Lipinski definition) is 5. The van der Waals surface area contributed by atoms with Gasteiger partial charge in [0.1, 0.15) is 16.5 Å². The van der Waals surface area contributed by atoms with Crippen molar-refractivity contribution in [2.45, 2.75) is 4.90 Å². The molecule has 0 aliphatic rings. The predicted molar refractivity (Wildman–Crippen MR) is 68.7 cm³/mol. The second-order valence-electron chi connectivity index (χ2n) is 3.51. The first kappa shape index (κ1) is 13.5. The third kappa shape index (κ3) is 3.09. The summed E-state index contributed by atoms with van der Waals surface area (Å²) in [5.41, 5.74) is 5.56. The lowest BCUT2D eigenvalue weighted by Crippen LogP contribution is -2.16. The van der Waals surface area contributed by atoms with E-state index in [0.717, 1.165) is 12.1 Å². The Hall–Kier alpha value is -1.93. The van der Waals surface area contributed by atoms with Gasteiger partial charge in [0.25, 0.3) is 10.0 Å². The molecular formula is C10H8ClFN4O2S. The number of halogens is 2. The number of sulfonamides is 1. The van der Waals surface area contributed by atoms with Gasteiger partial charge in [-0.3, -0.25) is 4.72 Å². The lowest BCUT2D eigenvalue weighted by Gasteiger charge is -2.08. The van der Waals surface area contributed by atoms with Crippen LogP contribution in [0.15, 0.2) is 35.4 Å². The molecule has 0 radical (unpaired) electrons. The van der Waals surface area contributed by atoms with Gasteiger partial charge in [0.15, 0.2) is 0 Å². The highest BCUT2D eigenvalue weighted by molar-refractivity contribution is 7.92. The second-order valence-corrected chi connectivity index (χ2v) is 5.50. The van der Waals surface area contributed by atoms with Gasteiger partial charge in [-0.2, -0.15) is 4.98 Å². The smallest absolute Gasteiger partial charge is 0.266 e. The normalized spacial score (nSPS) is 11.3. The largest absolute Gasteiger partial charge is 0.399 e. The van der Waals surface area contributed by atoms with Gasteiger partial charge in [-0.15, -0.1) is 0 Å². The fraction of sp³-hybridized carbons (Fsp3) is 0. The van der Waals surface area contributed by atoms with E-state index in [1.807, 2.05) is 0 Å². The van der Waals surface area contributed by atoms with Gasteiger partial charge < -0.3 is 5.73 Å². The molecule has 0 unspecified atom stereocenters. The quantitative estimate of drug-likeness (QED) is 0.663. The Morgan fingerprint density at radius 3 is 2.74 bits per heavy atom. The molecule has 2 aromatic rings. The fourth-order valence-corrected chi connectivity index (χ4v) is 2.57. The number of nitrogens with zero attached hydrogens (tertiary/aromatic N) is 2. The van der Waals surface area contributed by atoms with Crippen LogP contribution in [-0.4, -0.2) is 18.4 Å². The van der Waals surface area contributed by atoms with Crippen LogP contribution in [0.1, 0.15) is 0 Å². The van der Waals surface area contributed by atoms with E-state index < -0.39 is 20.7 Å². The number of rotatable bonds is 3. The van der Waals surface area contributed by atoms with Crippen LogP contribution in [0.4, 0.5) is 15.9 Å². The molecule has 0 aliphatic carbocycles. The van der Waals surface area contributed by atoms with E-state index in [2.05, 4.69) is 14.7 Å². The van der Waals surface area contributed by atoms with Crippen LogP contribution in [0.5, 0.6) is 0 Å². The molecule has 9 heteroatoms. The zero-order valence-electron chi connectivity index (χ0n) is 9.34. The number of nitrogens with one attached hydrogen (secondary N) is 1. The third-order valence-corrected chi connectivity index (χ3v) is 3.66. The first-order chi connectivity index (χ1) is 8.88. The van der Waals surface area contributed by atoms with E-state index in [4.69, 9.17) is 17.3 Å². The molecule has 6 nitrogen and oxygen atoms in total. The highest BCUT2D eigenvalue weighted by atomic mass is 35.5. The van der Waals surface area contributed by atoms with Crippen molar-refractivity contribution in [1.82, 2.24) is 9.97 Å². The Morgan fingerprint density at radius 1 is 1.32 bits per heavy atom. The molecular weight excluding hydrogens is 295 g/mol. The molecule has 19 heavy (non-hydrogen) atoms. The number of aromatic nitrogens is 2. The molecule has 0 fully saturated rings. The van der Waals surface area contributed by atoms with E-state index in [0.29, 0.717) is 0 Å².